The van der Waals surface area contributed by atoms with E-state index in [0.29, 0.717) is 5.16 Å². The highest BCUT2D eigenvalue weighted by Crippen LogP contribution is 2.18. The fourth-order valence-corrected chi connectivity index (χ4v) is 1.90. The van der Waals surface area contributed by atoms with Crippen LogP contribution in [0.3, 0.4) is 0 Å². The van der Waals surface area contributed by atoms with Gasteiger partial charge in [0.1, 0.15) is 17.0 Å². The normalized spacial score (nSPS) is 11.0. The van der Waals surface area contributed by atoms with Gasteiger partial charge in [-0.05, 0) is 27.7 Å². The molecule has 0 aliphatic rings. The molecule has 0 fully saturated rings. The number of nitrogens with zero attached hydrogens (tertiary/aromatic N) is 2. The molecule has 1 aromatic heterocycles. The topological polar surface area (TPSA) is 104 Å². The number of carbonyl (C=O) groups is 2. The lowest BCUT2D eigenvalue weighted by Crippen LogP contribution is -2.25. The summed E-state index contributed by atoms with van der Waals surface area (Å²) in [5.74, 6) is -0.854. The molecule has 0 spiro atoms. The van der Waals surface area contributed by atoms with Crippen LogP contribution >= 0.6 is 11.8 Å². The van der Waals surface area contributed by atoms with E-state index in [-0.39, 0.29) is 29.7 Å². The monoisotopic (exact) mass is 313 g/mol. The van der Waals surface area contributed by atoms with Crippen LogP contribution in [0.5, 0.6) is 0 Å². The Morgan fingerprint density at radius 1 is 1.38 bits per heavy atom. The quantitative estimate of drug-likeness (QED) is 0.497. The largest absolute Gasteiger partial charge is 0.462 e. The number of nitrogens with two attached hydrogens (primary N) is 1. The molecule has 0 aromatic carbocycles. The summed E-state index contributed by atoms with van der Waals surface area (Å²) in [6.07, 6.45) is 1.29. The Morgan fingerprint density at radius 2 is 2.05 bits per heavy atom. The van der Waals surface area contributed by atoms with Crippen molar-refractivity contribution in [1.29, 1.82) is 0 Å². The lowest BCUT2D eigenvalue weighted by Gasteiger charge is -2.19. The summed E-state index contributed by atoms with van der Waals surface area (Å²) in [5, 5.41) is 0.298. The summed E-state index contributed by atoms with van der Waals surface area (Å²) < 4.78 is 9.98. The van der Waals surface area contributed by atoms with Gasteiger partial charge in [-0.3, -0.25) is 4.79 Å². The molecule has 7 nitrogen and oxygen atoms in total. The third kappa shape index (κ3) is 5.99. The van der Waals surface area contributed by atoms with Crippen molar-refractivity contribution in [3.63, 3.8) is 0 Å². The van der Waals surface area contributed by atoms with Gasteiger partial charge >= 0.3 is 11.9 Å². The summed E-state index contributed by atoms with van der Waals surface area (Å²) in [4.78, 5) is 31.1. The summed E-state index contributed by atoms with van der Waals surface area (Å²) in [6, 6.07) is 0. The second-order valence-electron chi connectivity index (χ2n) is 5.05. The summed E-state index contributed by atoms with van der Waals surface area (Å²) in [5.41, 5.74) is 5.25. The molecule has 0 radical (unpaired) electrons. The average Bonchev–Trinajstić information content (AvgIpc) is 2.34. The van der Waals surface area contributed by atoms with Crippen LogP contribution in [0.2, 0.25) is 0 Å². The second kappa shape index (κ2) is 7.26. The molecule has 0 aliphatic carbocycles. The minimum absolute atomic E-state index is 0.0233. The number of ether oxygens (including phenoxy) is 2. The van der Waals surface area contributed by atoms with Gasteiger partial charge in [-0.15, -0.1) is 0 Å². The van der Waals surface area contributed by atoms with E-state index in [2.05, 4.69) is 9.97 Å². The fraction of sp³-hybridized carbons (Fsp3) is 0.538. The van der Waals surface area contributed by atoms with Gasteiger partial charge in [0.2, 0.25) is 0 Å². The minimum atomic E-state index is -0.571. The van der Waals surface area contributed by atoms with Gasteiger partial charge in [0.05, 0.1) is 12.4 Å². The Labute approximate surface area is 127 Å². The molecule has 0 amide bonds. The molecule has 0 atom stereocenters. The van der Waals surface area contributed by atoms with Gasteiger partial charge in [0, 0.05) is 6.20 Å². The van der Waals surface area contributed by atoms with Crippen LogP contribution in [0.15, 0.2) is 11.4 Å². The molecule has 0 saturated heterocycles. The van der Waals surface area contributed by atoms with E-state index in [9.17, 15) is 9.59 Å². The fourth-order valence-electron chi connectivity index (χ4n) is 1.31. The SMILES string of the molecule is CCOC(=O)c1cnc(SCC(=O)OC(C)(C)C)nc1N. The number of carbonyl (C=O) groups excluding carboxylic acids is 2. The zero-order valence-electron chi connectivity index (χ0n) is 12.5. The van der Waals surface area contributed by atoms with Crippen molar-refractivity contribution in [1.82, 2.24) is 9.97 Å². The maximum atomic E-state index is 11.6. The van der Waals surface area contributed by atoms with Crippen molar-refractivity contribution >= 4 is 29.5 Å². The van der Waals surface area contributed by atoms with Crippen LogP contribution in [-0.2, 0) is 14.3 Å². The second-order valence-corrected chi connectivity index (χ2v) is 5.99. The maximum Gasteiger partial charge on any atom is 0.343 e. The lowest BCUT2D eigenvalue weighted by molar-refractivity contribution is -0.151. The highest BCUT2D eigenvalue weighted by atomic mass is 32.2. The summed E-state index contributed by atoms with van der Waals surface area (Å²) in [6.45, 7) is 7.31. The van der Waals surface area contributed by atoms with Crippen molar-refractivity contribution in [2.45, 2.75) is 38.5 Å². The van der Waals surface area contributed by atoms with Crippen LogP contribution in [0.25, 0.3) is 0 Å². The summed E-state index contributed by atoms with van der Waals surface area (Å²) in [7, 11) is 0. The Kier molecular flexibility index (Phi) is 5.95. The molecule has 0 saturated carbocycles. The first-order valence-corrected chi connectivity index (χ1v) is 7.35. The predicted octanol–water partition coefficient (Wildman–Crippen LogP) is 1.67. The Bertz CT molecular complexity index is 529. The van der Waals surface area contributed by atoms with Gasteiger partial charge in [-0.2, -0.15) is 0 Å². The molecule has 0 bridgehead atoms. The number of thioether (sulfide) groups is 1. The van der Waals surface area contributed by atoms with Crippen LogP contribution in [0, 0.1) is 0 Å². The Balaban J connectivity index is 2.64. The minimum Gasteiger partial charge on any atom is -0.462 e. The first-order chi connectivity index (χ1) is 9.73. The molecule has 2 N–H and O–H groups in total. The van der Waals surface area contributed by atoms with E-state index in [1.54, 1.807) is 27.7 Å². The number of anilines is 1. The van der Waals surface area contributed by atoms with E-state index < -0.39 is 11.6 Å². The molecule has 21 heavy (non-hydrogen) atoms. The lowest BCUT2D eigenvalue weighted by atomic mass is 10.2. The highest BCUT2D eigenvalue weighted by Gasteiger charge is 2.18. The van der Waals surface area contributed by atoms with E-state index in [4.69, 9.17) is 15.2 Å². The smallest absolute Gasteiger partial charge is 0.343 e. The molecule has 116 valence electrons. The zero-order valence-corrected chi connectivity index (χ0v) is 13.3. The molecule has 8 heteroatoms. The van der Waals surface area contributed by atoms with Crippen molar-refractivity contribution in [2.75, 3.05) is 18.1 Å². The standard InChI is InChI=1S/C13H19N3O4S/c1-5-19-11(18)8-6-15-12(16-10(8)14)21-7-9(17)20-13(2,3)4/h6H,5,7H2,1-4H3,(H2,14,15,16). The van der Waals surface area contributed by atoms with Gasteiger partial charge in [0.15, 0.2) is 5.16 Å². The Hall–Kier alpha value is -1.83. The molecule has 0 aliphatic heterocycles. The number of hydrogen-bond acceptors (Lipinski definition) is 8. The molecule has 0 unspecified atom stereocenters. The number of rotatable bonds is 5. The number of nitrogen functional groups attached to an aromatic ring is 1. The third-order valence-electron chi connectivity index (χ3n) is 2.03. The van der Waals surface area contributed by atoms with Gasteiger partial charge in [-0.25, -0.2) is 14.8 Å². The first kappa shape index (κ1) is 17.2. The van der Waals surface area contributed by atoms with Crippen LogP contribution in [-0.4, -0.2) is 39.9 Å². The van der Waals surface area contributed by atoms with Gasteiger partial charge < -0.3 is 15.2 Å². The average molecular weight is 313 g/mol. The van der Waals surface area contributed by atoms with Crippen LogP contribution in [0.4, 0.5) is 5.82 Å². The van der Waals surface area contributed by atoms with Crippen molar-refractivity contribution in [3.05, 3.63) is 11.8 Å². The number of esters is 2. The number of hydrogen-bond donors (Lipinski definition) is 1. The maximum absolute atomic E-state index is 11.6. The molecule has 1 heterocycles. The van der Waals surface area contributed by atoms with E-state index in [1.807, 2.05) is 0 Å². The number of aromatic nitrogens is 2. The zero-order chi connectivity index (χ0) is 16.0. The van der Waals surface area contributed by atoms with Gasteiger partial charge in [-0.1, -0.05) is 11.8 Å². The van der Waals surface area contributed by atoms with E-state index in [1.165, 1.54) is 6.20 Å². The predicted molar refractivity (Wildman–Crippen MR) is 79.0 cm³/mol. The van der Waals surface area contributed by atoms with Crippen molar-refractivity contribution < 1.29 is 19.1 Å². The highest BCUT2D eigenvalue weighted by molar-refractivity contribution is 7.99. The van der Waals surface area contributed by atoms with Gasteiger partial charge in [0.25, 0.3) is 0 Å². The summed E-state index contributed by atoms with van der Waals surface area (Å²) >= 11 is 1.09. The molecular weight excluding hydrogens is 294 g/mol. The first-order valence-electron chi connectivity index (χ1n) is 6.37. The molecule has 1 aromatic rings. The Morgan fingerprint density at radius 3 is 2.57 bits per heavy atom. The van der Waals surface area contributed by atoms with Crippen LogP contribution < -0.4 is 5.73 Å². The third-order valence-corrected chi connectivity index (χ3v) is 2.87. The van der Waals surface area contributed by atoms with Crippen LogP contribution in [0.1, 0.15) is 38.1 Å². The van der Waals surface area contributed by atoms with Crippen molar-refractivity contribution in [3.8, 4) is 0 Å². The molecular formula is C13H19N3O4S. The van der Waals surface area contributed by atoms with E-state index >= 15 is 0 Å². The van der Waals surface area contributed by atoms with E-state index in [0.717, 1.165) is 11.8 Å². The van der Waals surface area contributed by atoms with Crippen molar-refractivity contribution in [2.24, 2.45) is 0 Å². The molecule has 1 rings (SSSR count).